The Morgan fingerprint density at radius 3 is 1.67 bits per heavy atom. The molecule has 3 fully saturated rings. The van der Waals surface area contributed by atoms with Crippen molar-refractivity contribution in [2.75, 3.05) is 33.0 Å². The molecule has 0 aromatic heterocycles. The van der Waals surface area contributed by atoms with Crippen molar-refractivity contribution in [3.63, 3.8) is 0 Å². The number of hydrogen-bond donors (Lipinski definition) is 15. The van der Waals surface area contributed by atoms with Crippen LogP contribution in [0.5, 0.6) is 0 Å². The summed E-state index contributed by atoms with van der Waals surface area (Å²) in [5.74, 6) is -0.765. The van der Waals surface area contributed by atoms with E-state index in [4.69, 9.17) is 33.5 Å². The standard InChI is InChI=1S/C26H47NO21/c1-7(33)27-13-23(48-25-19(41)17(39)15(37)10(4-30)44-25)16(38)11(5-31)43-24(13)47-22-12(6-32)45-26(20(42)18(22)40)46-21(9(35)3-29)14(36)8(34)2-28/h8-26,28-32,34-42H,2-6H2,1H3,(H,27,33)/t8-,9+,10+,11+,12+,13+,14+,15-,16+,17-,18+,19+,20+,21+,22-,23+,24-,25-,26-/m0/s1. The van der Waals surface area contributed by atoms with Crippen LogP contribution in [0.25, 0.3) is 0 Å². The lowest BCUT2D eigenvalue weighted by Crippen LogP contribution is -2.70. The van der Waals surface area contributed by atoms with Crippen LogP contribution in [0.1, 0.15) is 6.92 Å². The first-order valence-corrected chi connectivity index (χ1v) is 15.0. The topological polar surface area (TPSA) is 368 Å². The Morgan fingerprint density at radius 1 is 0.625 bits per heavy atom. The zero-order valence-corrected chi connectivity index (χ0v) is 25.6. The molecule has 3 saturated heterocycles. The van der Waals surface area contributed by atoms with E-state index >= 15 is 0 Å². The number of amides is 1. The van der Waals surface area contributed by atoms with Gasteiger partial charge in [0.1, 0.15) is 97.6 Å². The maximum absolute atomic E-state index is 12.2. The third kappa shape index (κ3) is 9.12. The van der Waals surface area contributed by atoms with Crippen molar-refractivity contribution in [3.05, 3.63) is 0 Å². The quantitative estimate of drug-likeness (QED) is 0.0750. The summed E-state index contributed by atoms with van der Waals surface area (Å²) in [6, 6.07) is -1.59. The van der Waals surface area contributed by atoms with Crippen LogP contribution in [0.4, 0.5) is 0 Å². The second-order valence-corrected chi connectivity index (χ2v) is 11.6. The van der Waals surface area contributed by atoms with Gasteiger partial charge in [-0.25, -0.2) is 0 Å². The van der Waals surface area contributed by atoms with E-state index in [-0.39, 0.29) is 0 Å². The van der Waals surface area contributed by atoms with Crippen LogP contribution in [-0.2, 0) is 33.2 Å². The summed E-state index contributed by atoms with van der Waals surface area (Å²) in [4.78, 5) is 12.2. The molecular weight excluding hydrogens is 662 g/mol. The predicted octanol–water partition coefficient (Wildman–Crippen LogP) is -9.97. The molecule has 3 rings (SSSR count). The van der Waals surface area contributed by atoms with E-state index in [1.54, 1.807) is 0 Å². The monoisotopic (exact) mass is 709 g/mol. The van der Waals surface area contributed by atoms with Gasteiger partial charge in [0.25, 0.3) is 0 Å². The molecule has 3 heterocycles. The number of ether oxygens (including phenoxy) is 6. The summed E-state index contributed by atoms with van der Waals surface area (Å²) in [5.41, 5.74) is 0. The van der Waals surface area contributed by atoms with Gasteiger partial charge in [-0.2, -0.15) is 0 Å². The molecule has 15 N–H and O–H groups in total. The average molecular weight is 710 g/mol. The van der Waals surface area contributed by atoms with Gasteiger partial charge < -0.3 is 105 Å². The van der Waals surface area contributed by atoms with E-state index in [2.05, 4.69) is 5.32 Å². The average Bonchev–Trinajstić information content (AvgIpc) is 3.07. The van der Waals surface area contributed by atoms with Crippen LogP contribution in [0.2, 0.25) is 0 Å². The van der Waals surface area contributed by atoms with Gasteiger partial charge in [0.15, 0.2) is 18.9 Å². The van der Waals surface area contributed by atoms with Gasteiger partial charge in [-0.05, 0) is 0 Å². The fraction of sp³-hybridized carbons (Fsp3) is 0.962. The molecule has 1 amide bonds. The highest BCUT2D eigenvalue weighted by atomic mass is 16.8. The van der Waals surface area contributed by atoms with E-state index in [0.717, 1.165) is 6.92 Å². The maximum Gasteiger partial charge on any atom is 0.217 e. The minimum Gasteiger partial charge on any atom is -0.394 e. The fourth-order valence-electron chi connectivity index (χ4n) is 5.54. The van der Waals surface area contributed by atoms with Crippen molar-refractivity contribution in [3.8, 4) is 0 Å². The molecule has 0 aromatic rings. The Balaban J connectivity index is 1.88. The second-order valence-electron chi connectivity index (χ2n) is 11.6. The Hall–Kier alpha value is -1.33. The first-order chi connectivity index (χ1) is 22.6. The highest BCUT2D eigenvalue weighted by Crippen LogP contribution is 2.33. The number of carbonyl (C=O) groups excluding carboxylic acids is 1. The van der Waals surface area contributed by atoms with Crippen LogP contribution in [0.15, 0.2) is 0 Å². The van der Waals surface area contributed by atoms with Crippen molar-refractivity contribution in [1.82, 2.24) is 5.32 Å². The fourth-order valence-corrected chi connectivity index (χ4v) is 5.54. The third-order valence-corrected chi connectivity index (χ3v) is 8.25. The molecule has 22 heteroatoms. The Labute approximate surface area is 272 Å². The van der Waals surface area contributed by atoms with Crippen LogP contribution in [-0.4, -0.2) is 227 Å². The first kappa shape index (κ1) is 41.1. The smallest absolute Gasteiger partial charge is 0.217 e. The van der Waals surface area contributed by atoms with Gasteiger partial charge in [0.2, 0.25) is 5.91 Å². The van der Waals surface area contributed by atoms with Crippen LogP contribution in [0, 0.1) is 0 Å². The van der Waals surface area contributed by atoms with Crippen LogP contribution in [0.3, 0.4) is 0 Å². The van der Waals surface area contributed by atoms with Crippen molar-refractivity contribution in [1.29, 1.82) is 0 Å². The number of aliphatic hydroxyl groups excluding tert-OH is 14. The SMILES string of the molecule is CC(=O)N[C@H]1[C@H](O[C@@H]2[C@H](O)[C@@H](O)[C@H](O[C@@H]([C@H](O)[C@@H](O)CO)[C@H](O)CO)O[C@@H]2CO)O[C@H](CO)[C@@H](O)[C@@H]1O[C@@H]1O[C@H](CO)[C@H](O)[C@H](O)[C@H]1O. The zero-order chi connectivity index (χ0) is 36.0. The molecule has 19 atom stereocenters. The third-order valence-electron chi connectivity index (χ3n) is 8.25. The van der Waals surface area contributed by atoms with Crippen molar-refractivity contribution >= 4 is 5.91 Å². The molecule has 0 aromatic carbocycles. The summed E-state index contributed by atoms with van der Waals surface area (Å²) >= 11 is 0. The van der Waals surface area contributed by atoms with E-state index in [0.29, 0.717) is 0 Å². The summed E-state index contributed by atoms with van der Waals surface area (Å²) in [6.45, 7) is -3.65. The molecule has 48 heavy (non-hydrogen) atoms. The minimum atomic E-state index is -2.10. The van der Waals surface area contributed by atoms with Gasteiger partial charge in [-0.15, -0.1) is 0 Å². The molecule has 0 saturated carbocycles. The maximum atomic E-state index is 12.2. The number of nitrogens with one attached hydrogen (secondary N) is 1. The molecule has 0 unspecified atom stereocenters. The number of rotatable bonds is 15. The zero-order valence-electron chi connectivity index (χ0n) is 25.6. The van der Waals surface area contributed by atoms with Gasteiger partial charge in [0, 0.05) is 6.92 Å². The second kappa shape index (κ2) is 18.2. The minimum absolute atomic E-state index is 0.765. The normalized spacial score (nSPS) is 43.3. The Kier molecular flexibility index (Phi) is 15.6. The summed E-state index contributed by atoms with van der Waals surface area (Å²) in [6.07, 6.45) is -33.0. The van der Waals surface area contributed by atoms with Crippen molar-refractivity contribution in [2.45, 2.75) is 123 Å². The Morgan fingerprint density at radius 2 is 1.12 bits per heavy atom. The van der Waals surface area contributed by atoms with Crippen LogP contribution < -0.4 is 5.32 Å². The molecule has 282 valence electrons. The lowest BCUT2D eigenvalue weighted by Gasteiger charge is -2.49. The Bertz CT molecular complexity index is 980. The summed E-state index contributed by atoms with van der Waals surface area (Å²) < 4.78 is 33.4. The van der Waals surface area contributed by atoms with Gasteiger partial charge in [-0.1, -0.05) is 0 Å². The lowest BCUT2D eigenvalue weighted by molar-refractivity contribution is -0.371. The van der Waals surface area contributed by atoms with Gasteiger partial charge in [0.05, 0.1) is 33.0 Å². The highest BCUT2D eigenvalue weighted by Gasteiger charge is 2.55. The summed E-state index contributed by atoms with van der Waals surface area (Å²) in [5, 5.41) is 144. The molecular formula is C26H47NO21. The lowest BCUT2D eigenvalue weighted by atomic mass is 9.94. The number of carbonyl (C=O) groups is 1. The van der Waals surface area contributed by atoms with Gasteiger partial charge >= 0.3 is 0 Å². The van der Waals surface area contributed by atoms with E-state index in [9.17, 15) is 71.2 Å². The molecule has 0 aliphatic carbocycles. The molecule has 0 bridgehead atoms. The summed E-state index contributed by atoms with van der Waals surface area (Å²) in [7, 11) is 0. The highest BCUT2D eigenvalue weighted by molar-refractivity contribution is 5.73. The number of hydrogen-bond acceptors (Lipinski definition) is 21. The van der Waals surface area contributed by atoms with E-state index in [1.807, 2.05) is 0 Å². The molecule has 0 radical (unpaired) electrons. The van der Waals surface area contributed by atoms with Crippen molar-refractivity contribution < 1.29 is 105 Å². The number of aliphatic hydroxyl groups is 14. The molecule has 3 aliphatic rings. The van der Waals surface area contributed by atoms with E-state index in [1.165, 1.54) is 0 Å². The van der Waals surface area contributed by atoms with Gasteiger partial charge in [-0.3, -0.25) is 4.79 Å². The largest absolute Gasteiger partial charge is 0.394 e. The van der Waals surface area contributed by atoms with Crippen molar-refractivity contribution in [2.24, 2.45) is 0 Å². The van der Waals surface area contributed by atoms with E-state index < -0.39 is 155 Å². The molecule has 3 aliphatic heterocycles. The molecule has 0 spiro atoms. The van der Waals surface area contributed by atoms with Crippen LogP contribution >= 0.6 is 0 Å². The predicted molar refractivity (Wildman–Crippen MR) is 148 cm³/mol. The molecule has 22 nitrogen and oxygen atoms in total. The first-order valence-electron chi connectivity index (χ1n) is 15.0.